The van der Waals surface area contributed by atoms with E-state index in [1.165, 1.54) is 0 Å². The SMILES string of the molecule is CC(C)c1nc(-c2cccc(Cl)c2)ncc1N. The lowest BCUT2D eigenvalue weighted by Gasteiger charge is -2.09. The number of nitrogens with two attached hydrogens (primary N) is 1. The molecule has 0 aliphatic carbocycles. The maximum absolute atomic E-state index is 5.95. The summed E-state index contributed by atoms with van der Waals surface area (Å²) in [5.41, 5.74) is 8.25. The van der Waals surface area contributed by atoms with E-state index < -0.39 is 0 Å². The number of hydrogen-bond donors (Lipinski definition) is 1. The highest BCUT2D eigenvalue weighted by molar-refractivity contribution is 6.30. The number of rotatable bonds is 2. The van der Waals surface area contributed by atoms with Crippen molar-refractivity contribution in [2.45, 2.75) is 19.8 Å². The van der Waals surface area contributed by atoms with Gasteiger partial charge in [0.05, 0.1) is 17.6 Å². The fourth-order valence-corrected chi connectivity index (χ4v) is 1.82. The van der Waals surface area contributed by atoms with Gasteiger partial charge in [-0.25, -0.2) is 9.97 Å². The quantitative estimate of drug-likeness (QED) is 0.884. The van der Waals surface area contributed by atoms with Gasteiger partial charge in [-0.1, -0.05) is 37.6 Å². The van der Waals surface area contributed by atoms with Crippen LogP contribution in [0.1, 0.15) is 25.5 Å². The molecule has 2 N–H and O–H groups in total. The molecule has 0 amide bonds. The van der Waals surface area contributed by atoms with Crippen molar-refractivity contribution in [1.82, 2.24) is 9.97 Å². The van der Waals surface area contributed by atoms with Crippen molar-refractivity contribution in [3.05, 3.63) is 41.2 Å². The molecule has 3 nitrogen and oxygen atoms in total. The van der Waals surface area contributed by atoms with Crippen molar-refractivity contribution < 1.29 is 0 Å². The zero-order chi connectivity index (χ0) is 12.4. The van der Waals surface area contributed by atoms with Crippen molar-refractivity contribution in [1.29, 1.82) is 0 Å². The molecule has 0 aliphatic rings. The van der Waals surface area contributed by atoms with Crippen molar-refractivity contribution in [3.8, 4) is 11.4 Å². The maximum atomic E-state index is 5.95. The van der Waals surface area contributed by atoms with Gasteiger partial charge in [-0.05, 0) is 18.1 Å². The van der Waals surface area contributed by atoms with Crippen LogP contribution in [0.4, 0.5) is 5.69 Å². The van der Waals surface area contributed by atoms with Crippen LogP contribution in [0.2, 0.25) is 5.02 Å². The second-order valence-corrected chi connectivity index (χ2v) is 4.64. The minimum absolute atomic E-state index is 0.274. The molecule has 0 bridgehead atoms. The van der Waals surface area contributed by atoms with Gasteiger partial charge in [-0.3, -0.25) is 0 Å². The minimum Gasteiger partial charge on any atom is -0.396 e. The standard InChI is InChI=1S/C13H14ClN3/c1-8(2)12-11(15)7-16-13(17-12)9-4-3-5-10(14)6-9/h3-8H,15H2,1-2H3. The monoisotopic (exact) mass is 247 g/mol. The largest absolute Gasteiger partial charge is 0.396 e. The van der Waals surface area contributed by atoms with E-state index in [9.17, 15) is 0 Å². The summed E-state index contributed by atoms with van der Waals surface area (Å²) in [6.45, 7) is 4.11. The number of benzene rings is 1. The van der Waals surface area contributed by atoms with E-state index in [0.29, 0.717) is 16.5 Å². The Kier molecular flexibility index (Phi) is 3.29. The van der Waals surface area contributed by atoms with Crippen LogP contribution in [0.15, 0.2) is 30.5 Å². The van der Waals surface area contributed by atoms with Crippen molar-refractivity contribution in [3.63, 3.8) is 0 Å². The highest BCUT2D eigenvalue weighted by atomic mass is 35.5. The van der Waals surface area contributed by atoms with E-state index in [1.807, 2.05) is 24.3 Å². The van der Waals surface area contributed by atoms with Crippen molar-refractivity contribution in [2.24, 2.45) is 0 Å². The van der Waals surface area contributed by atoms with Gasteiger partial charge in [0.15, 0.2) is 5.82 Å². The molecule has 1 aromatic heterocycles. The zero-order valence-electron chi connectivity index (χ0n) is 9.81. The summed E-state index contributed by atoms with van der Waals surface area (Å²) in [5, 5.41) is 0.675. The van der Waals surface area contributed by atoms with Crippen LogP contribution < -0.4 is 5.73 Å². The van der Waals surface area contributed by atoms with E-state index >= 15 is 0 Å². The van der Waals surface area contributed by atoms with E-state index in [-0.39, 0.29) is 5.92 Å². The minimum atomic E-state index is 0.274. The lowest BCUT2D eigenvalue weighted by atomic mass is 10.1. The topological polar surface area (TPSA) is 51.8 Å². The van der Waals surface area contributed by atoms with Crippen LogP contribution in [0.25, 0.3) is 11.4 Å². The fraction of sp³-hybridized carbons (Fsp3) is 0.231. The predicted molar refractivity (Wildman–Crippen MR) is 71.0 cm³/mol. The smallest absolute Gasteiger partial charge is 0.159 e. The van der Waals surface area contributed by atoms with Gasteiger partial charge in [-0.15, -0.1) is 0 Å². The molecule has 2 aromatic rings. The second kappa shape index (κ2) is 4.72. The number of halogens is 1. The highest BCUT2D eigenvalue weighted by Crippen LogP contribution is 2.24. The van der Waals surface area contributed by atoms with Gasteiger partial charge in [0.2, 0.25) is 0 Å². The molecule has 0 atom stereocenters. The van der Waals surface area contributed by atoms with Gasteiger partial charge in [-0.2, -0.15) is 0 Å². The number of hydrogen-bond acceptors (Lipinski definition) is 3. The number of nitrogen functional groups attached to an aromatic ring is 1. The van der Waals surface area contributed by atoms with E-state index in [2.05, 4.69) is 23.8 Å². The first-order chi connectivity index (χ1) is 8.08. The van der Waals surface area contributed by atoms with Crippen molar-refractivity contribution in [2.75, 3.05) is 5.73 Å². The van der Waals surface area contributed by atoms with E-state index in [4.69, 9.17) is 17.3 Å². The molecule has 0 saturated heterocycles. The average Bonchev–Trinajstić information content (AvgIpc) is 2.29. The Hall–Kier alpha value is -1.61. The summed E-state index contributed by atoms with van der Waals surface area (Å²) in [6, 6.07) is 7.48. The van der Waals surface area contributed by atoms with Crippen molar-refractivity contribution >= 4 is 17.3 Å². The molecule has 4 heteroatoms. The molecule has 0 fully saturated rings. The van der Waals surface area contributed by atoms with Gasteiger partial charge < -0.3 is 5.73 Å². The molecular weight excluding hydrogens is 234 g/mol. The van der Waals surface area contributed by atoms with Gasteiger partial charge >= 0.3 is 0 Å². The molecular formula is C13H14ClN3. The summed E-state index contributed by atoms with van der Waals surface area (Å²) < 4.78 is 0. The number of aromatic nitrogens is 2. The zero-order valence-corrected chi connectivity index (χ0v) is 10.6. The Morgan fingerprint density at radius 1 is 1.29 bits per heavy atom. The molecule has 2 rings (SSSR count). The Balaban J connectivity index is 2.50. The van der Waals surface area contributed by atoms with E-state index in [1.54, 1.807) is 6.20 Å². The predicted octanol–water partition coefficient (Wildman–Crippen LogP) is 3.50. The summed E-state index contributed by atoms with van der Waals surface area (Å²) in [6.07, 6.45) is 1.65. The normalized spacial score (nSPS) is 10.8. The summed E-state index contributed by atoms with van der Waals surface area (Å²) in [4.78, 5) is 8.73. The fourth-order valence-electron chi connectivity index (χ4n) is 1.63. The summed E-state index contributed by atoms with van der Waals surface area (Å²) >= 11 is 5.95. The Morgan fingerprint density at radius 3 is 2.71 bits per heavy atom. The molecule has 0 radical (unpaired) electrons. The first kappa shape index (κ1) is 11.9. The number of anilines is 1. The van der Waals surface area contributed by atoms with E-state index in [0.717, 1.165) is 11.3 Å². The second-order valence-electron chi connectivity index (χ2n) is 4.20. The third-order valence-corrected chi connectivity index (χ3v) is 2.71. The lowest BCUT2D eigenvalue weighted by Crippen LogP contribution is -2.03. The van der Waals surface area contributed by atoms with Gasteiger partial charge in [0.25, 0.3) is 0 Å². The lowest BCUT2D eigenvalue weighted by molar-refractivity contribution is 0.821. The van der Waals surface area contributed by atoms with Crippen LogP contribution in [-0.4, -0.2) is 9.97 Å². The molecule has 17 heavy (non-hydrogen) atoms. The first-order valence-corrected chi connectivity index (χ1v) is 5.84. The van der Waals surface area contributed by atoms with Crippen LogP contribution in [-0.2, 0) is 0 Å². The highest BCUT2D eigenvalue weighted by Gasteiger charge is 2.09. The van der Waals surface area contributed by atoms with Gasteiger partial charge in [0.1, 0.15) is 0 Å². The summed E-state index contributed by atoms with van der Waals surface area (Å²) in [5.74, 6) is 0.932. The van der Waals surface area contributed by atoms with Crippen LogP contribution in [0.5, 0.6) is 0 Å². The molecule has 0 aliphatic heterocycles. The average molecular weight is 248 g/mol. The Morgan fingerprint density at radius 2 is 2.06 bits per heavy atom. The Bertz CT molecular complexity index is 538. The van der Waals surface area contributed by atoms with Crippen LogP contribution >= 0.6 is 11.6 Å². The molecule has 0 spiro atoms. The maximum Gasteiger partial charge on any atom is 0.159 e. The third kappa shape index (κ3) is 2.56. The molecule has 0 saturated carbocycles. The van der Waals surface area contributed by atoms with Crippen LogP contribution in [0, 0.1) is 0 Å². The molecule has 1 aromatic carbocycles. The van der Waals surface area contributed by atoms with Crippen LogP contribution in [0.3, 0.4) is 0 Å². The number of nitrogens with zero attached hydrogens (tertiary/aromatic N) is 2. The first-order valence-electron chi connectivity index (χ1n) is 5.46. The Labute approximate surface area is 106 Å². The molecule has 0 unspecified atom stereocenters. The summed E-state index contributed by atoms with van der Waals surface area (Å²) in [7, 11) is 0. The molecule has 1 heterocycles. The third-order valence-electron chi connectivity index (χ3n) is 2.48. The van der Waals surface area contributed by atoms with Gasteiger partial charge in [0, 0.05) is 10.6 Å². The molecule has 88 valence electrons.